The molecule has 2 N–H and O–H groups in total. The maximum atomic E-state index is 12.7. The van der Waals surface area contributed by atoms with Crippen LogP contribution in [0.5, 0.6) is 0 Å². The Bertz CT molecular complexity index is 906. The van der Waals surface area contributed by atoms with Crippen molar-refractivity contribution in [3.05, 3.63) is 48.4 Å². The second-order valence-corrected chi connectivity index (χ2v) is 9.42. The molecule has 7 heteroatoms. The SMILES string of the molecule is C[C@@H](NS(=O)(=O)c1ccc(NC(=O)c2ccco2)cc1)[C@@H]1C[C@H]2CC[C@H]1C2. The van der Waals surface area contributed by atoms with E-state index in [1.54, 1.807) is 24.3 Å². The van der Waals surface area contributed by atoms with E-state index in [4.69, 9.17) is 4.42 Å². The summed E-state index contributed by atoms with van der Waals surface area (Å²) < 4.78 is 33.3. The van der Waals surface area contributed by atoms with Gasteiger partial charge in [0.2, 0.25) is 10.0 Å². The Labute approximate surface area is 159 Å². The van der Waals surface area contributed by atoms with Gasteiger partial charge in [-0.3, -0.25) is 4.79 Å². The van der Waals surface area contributed by atoms with Gasteiger partial charge >= 0.3 is 0 Å². The zero-order valence-electron chi connectivity index (χ0n) is 15.2. The van der Waals surface area contributed by atoms with E-state index in [9.17, 15) is 13.2 Å². The molecule has 0 unspecified atom stereocenters. The molecule has 1 aromatic heterocycles. The molecular weight excluding hydrogens is 364 g/mol. The summed E-state index contributed by atoms with van der Waals surface area (Å²) >= 11 is 0. The van der Waals surface area contributed by atoms with Crippen LogP contribution in [-0.4, -0.2) is 20.4 Å². The van der Waals surface area contributed by atoms with Crippen molar-refractivity contribution in [1.29, 1.82) is 0 Å². The van der Waals surface area contributed by atoms with E-state index in [2.05, 4.69) is 10.0 Å². The van der Waals surface area contributed by atoms with Crippen molar-refractivity contribution in [1.82, 2.24) is 4.72 Å². The fourth-order valence-electron chi connectivity index (χ4n) is 4.62. The van der Waals surface area contributed by atoms with Gasteiger partial charge in [-0.2, -0.15) is 0 Å². The summed E-state index contributed by atoms with van der Waals surface area (Å²) in [4.78, 5) is 12.2. The van der Waals surface area contributed by atoms with E-state index in [0.717, 1.165) is 12.3 Å². The lowest BCUT2D eigenvalue weighted by Crippen LogP contribution is -2.40. The van der Waals surface area contributed by atoms with Crippen LogP contribution in [0.15, 0.2) is 52.0 Å². The Hall–Kier alpha value is -2.12. The van der Waals surface area contributed by atoms with E-state index < -0.39 is 10.0 Å². The number of anilines is 1. The molecule has 1 amide bonds. The van der Waals surface area contributed by atoms with Crippen molar-refractivity contribution in [2.75, 3.05) is 5.32 Å². The van der Waals surface area contributed by atoms with Crippen LogP contribution < -0.4 is 10.0 Å². The summed E-state index contributed by atoms with van der Waals surface area (Å²) in [6.07, 6.45) is 6.33. The van der Waals surface area contributed by atoms with Crippen molar-refractivity contribution >= 4 is 21.6 Å². The smallest absolute Gasteiger partial charge is 0.291 e. The van der Waals surface area contributed by atoms with Gasteiger partial charge in [-0.1, -0.05) is 6.42 Å². The van der Waals surface area contributed by atoms with Crippen LogP contribution in [0.4, 0.5) is 5.69 Å². The molecule has 0 radical (unpaired) electrons. The van der Waals surface area contributed by atoms with Crippen LogP contribution in [0.3, 0.4) is 0 Å². The maximum absolute atomic E-state index is 12.7. The third kappa shape index (κ3) is 3.80. The predicted molar refractivity (Wildman–Crippen MR) is 102 cm³/mol. The molecule has 2 aromatic rings. The van der Waals surface area contributed by atoms with Gasteiger partial charge in [-0.05, 0) is 80.3 Å². The second-order valence-electron chi connectivity index (χ2n) is 7.70. The van der Waals surface area contributed by atoms with Crippen LogP contribution in [0.1, 0.15) is 43.2 Å². The summed E-state index contributed by atoms with van der Waals surface area (Å²) in [5, 5.41) is 2.68. The minimum Gasteiger partial charge on any atom is -0.459 e. The highest BCUT2D eigenvalue weighted by Crippen LogP contribution is 2.49. The molecule has 2 fully saturated rings. The quantitative estimate of drug-likeness (QED) is 0.791. The molecule has 2 aliphatic carbocycles. The predicted octanol–water partition coefficient (Wildman–Crippen LogP) is 3.63. The largest absolute Gasteiger partial charge is 0.459 e. The third-order valence-corrected chi connectivity index (χ3v) is 7.52. The second kappa shape index (κ2) is 7.13. The zero-order chi connectivity index (χ0) is 19.0. The minimum absolute atomic E-state index is 0.0661. The molecule has 2 aliphatic rings. The monoisotopic (exact) mass is 388 g/mol. The summed E-state index contributed by atoms with van der Waals surface area (Å²) in [6, 6.07) is 9.31. The molecule has 4 rings (SSSR count). The molecule has 144 valence electrons. The number of sulfonamides is 1. The highest BCUT2D eigenvalue weighted by atomic mass is 32.2. The van der Waals surface area contributed by atoms with E-state index in [1.807, 2.05) is 6.92 Å². The first-order valence-electron chi connectivity index (χ1n) is 9.39. The zero-order valence-corrected chi connectivity index (χ0v) is 16.0. The number of amides is 1. The van der Waals surface area contributed by atoms with E-state index in [-0.39, 0.29) is 22.6 Å². The fourth-order valence-corrected chi connectivity index (χ4v) is 5.92. The van der Waals surface area contributed by atoms with Gasteiger partial charge in [0.1, 0.15) is 0 Å². The Kier molecular flexibility index (Phi) is 4.82. The van der Waals surface area contributed by atoms with Gasteiger partial charge in [0.15, 0.2) is 5.76 Å². The lowest BCUT2D eigenvalue weighted by atomic mass is 9.84. The van der Waals surface area contributed by atoms with Crippen LogP contribution in [0, 0.1) is 17.8 Å². The molecule has 1 aromatic carbocycles. The van der Waals surface area contributed by atoms with Crippen molar-refractivity contribution in [3.63, 3.8) is 0 Å². The molecule has 1 heterocycles. The number of hydrogen-bond acceptors (Lipinski definition) is 4. The number of carbonyl (C=O) groups is 1. The lowest BCUT2D eigenvalue weighted by molar-refractivity contribution is 0.0996. The van der Waals surface area contributed by atoms with Gasteiger partial charge in [0.25, 0.3) is 5.91 Å². The first-order valence-corrected chi connectivity index (χ1v) is 10.9. The Morgan fingerprint density at radius 1 is 1.15 bits per heavy atom. The van der Waals surface area contributed by atoms with Crippen molar-refractivity contribution in [2.45, 2.75) is 43.5 Å². The first-order chi connectivity index (χ1) is 12.9. The molecule has 6 nitrogen and oxygen atoms in total. The Morgan fingerprint density at radius 3 is 2.52 bits per heavy atom. The van der Waals surface area contributed by atoms with E-state index in [0.29, 0.717) is 17.5 Å². The number of furan rings is 1. The maximum Gasteiger partial charge on any atom is 0.291 e. The van der Waals surface area contributed by atoms with Gasteiger partial charge in [0.05, 0.1) is 11.2 Å². The standard InChI is InChI=1S/C20H24N2O4S/c1-13(18-12-14-4-5-15(18)11-14)22-27(24,25)17-8-6-16(7-9-17)21-20(23)19-3-2-10-26-19/h2-3,6-10,13-15,18,22H,4-5,11-12H2,1H3,(H,21,23)/t13-,14+,15+,18+/m1/s1. The van der Waals surface area contributed by atoms with Gasteiger partial charge in [0, 0.05) is 11.7 Å². The molecule has 0 aliphatic heterocycles. The van der Waals surface area contributed by atoms with Crippen LogP contribution in [0.2, 0.25) is 0 Å². The van der Waals surface area contributed by atoms with Crippen molar-refractivity contribution in [3.8, 4) is 0 Å². The molecule has 2 bridgehead atoms. The molecule has 4 atom stereocenters. The summed E-state index contributed by atoms with van der Waals surface area (Å²) in [6.45, 7) is 1.97. The number of benzene rings is 1. The van der Waals surface area contributed by atoms with Crippen LogP contribution in [0.25, 0.3) is 0 Å². The minimum atomic E-state index is -3.58. The number of hydrogen-bond donors (Lipinski definition) is 2. The van der Waals surface area contributed by atoms with Gasteiger partial charge < -0.3 is 9.73 Å². The van der Waals surface area contributed by atoms with E-state index in [1.165, 1.54) is 37.7 Å². The number of carbonyl (C=O) groups excluding carboxylic acids is 1. The number of fused-ring (bicyclic) bond motifs is 2. The average molecular weight is 388 g/mol. The fraction of sp³-hybridized carbons (Fsp3) is 0.450. The highest BCUT2D eigenvalue weighted by molar-refractivity contribution is 7.89. The van der Waals surface area contributed by atoms with Crippen molar-refractivity contribution < 1.29 is 17.6 Å². The topological polar surface area (TPSA) is 88.4 Å². The van der Waals surface area contributed by atoms with Crippen LogP contribution >= 0.6 is 0 Å². The first kappa shape index (κ1) is 18.3. The van der Waals surface area contributed by atoms with Gasteiger partial charge in [-0.25, -0.2) is 13.1 Å². The normalized spacial score (nSPS) is 25.4. The average Bonchev–Trinajstić information content (AvgIpc) is 3.39. The molecule has 0 spiro atoms. The number of nitrogens with one attached hydrogen (secondary N) is 2. The third-order valence-electron chi connectivity index (χ3n) is 5.94. The van der Waals surface area contributed by atoms with Crippen LogP contribution in [-0.2, 0) is 10.0 Å². The summed E-state index contributed by atoms with van der Waals surface area (Å²) in [5.41, 5.74) is 0.511. The lowest BCUT2D eigenvalue weighted by Gasteiger charge is -2.28. The molecule has 27 heavy (non-hydrogen) atoms. The van der Waals surface area contributed by atoms with Gasteiger partial charge in [-0.15, -0.1) is 0 Å². The Morgan fingerprint density at radius 2 is 1.93 bits per heavy atom. The summed E-state index contributed by atoms with van der Waals surface area (Å²) in [7, 11) is -3.58. The van der Waals surface area contributed by atoms with E-state index >= 15 is 0 Å². The summed E-state index contributed by atoms with van der Waals surface area (Å²) in [5.74, 6) is 1.70. The highest BCUT2D eigenvalue weighted by Gasteiger charge is 2.42. The Balaban J connectivity index is 1.40. The molecule has 2 saturated carbocycles. The van der Waals surface area contributed by atoms with Crippen molar-refractivity contribution in [2.24, 2.45) is 17.8 Å². The molecule has 0 saturated heterocycles. The molecular formula is C20H24N2O4S. The number of rotatable bonds is 6.